The highest BCUT2D eigenvalue weighted by molar-refractivity contribution is 5.42. The van der Waals surface area contributed by atoms with Crippen LogP contribution in [0.4, 0.5) is 5.82 Å². The van der Waals surface area contributed by atoms with Gasteiger partial charge < -0.3 is 14.4 Å². The van der Waals surface area contributed by atoms with Crippen molar-refractivity contribution in [1.29, 1.82) is 0 Å². The molecule has 2 aliphatic heterocycles. The van der Waals surface area contributed by atoms with Gasteiger partial charge in [-0.3, -0.25) is 0 Å². The Bertz CT molecular complexity index is 681. The molecule has 2 aromatic heterocycles. The number of nitrogens with zero attached hydrogens (tertiary/aromatic N) is 6. The predicted octanol–water partition coefficient (Wildman–Crippen LogP) is 1.62. The molecule has 0 aromatic carbocycles. The van der Waals surface area contributed by atoms with E-state index in [0.717, 1.165) is 43.8 Å². The molecule has 2 unspecified atom stereocenters. The highest BCUT2D eigenvalue weighted by Gasteiger charge is 2.40. The predicted molar refractivity (Wildman–Crippen MR) is 91.9 cm³/mol. The SMILES string of the molecule is c1cn(CCN2CC3CN(c4cc(C5CC5)ncn4)CC3C2)cn1. The number of anilines is 1. The van der Waals surface area contributed by atoms with Gasteiger partial charge in [-0.05, 0) is 24.7 Å². The number of rotatable bonds is 5. The van der Waals surface area contributed by atoms with Gasteiger partial charge in [0.1, 0.15) is 12.1 Å². The van der Waals surface area contributed by atoms with Gasteiger partial charge in [0, 0.05) is 69.3 Å². The van der Waals surface area contributed by atoms with Gasteiger partial charge in [0.15, 0.2) is 0 Å². The molecule has 24 heavy (non-hydrogen) atoms. The number of aromatic nitrogens is 4. The highest BCUT2D eigenvalue weighted by Crippen LogP contribution is 2.40. The van der Waals surface area contributed by atoms with E-state index in [9.17, 15) is 0 Å². The Labute approximate surface area is 142 Å². The van der Waals surface area contributed by atoms with E-state index in [1.54, 1.807) is 6.33 Å². The summed E-state index contributed by atoms with van der Waals surface area (Å²) in [6, 6.07) is 2.23. The molecule has 2 saturated heterocycles. The molecule has 0 bridgehead atoms. The molecule has 0 radical (unpaired) electrons. The van der Waals surface area contributed by atoms with Gasteiger partial charge in [-0.15, -0.1) is 0 Å². The molecular weight excluding hydrogens is 300 g/mol. The molecule has 6 heteroatoms. The van der Waals surface area contributed by atoms with Gasteiger partial charge in [0.25, 0.3) is 0 Å². The van der Waals surface area contributed by atoms with Crippen LogP contribution in [-0.2, 0) is 6.54 Å². The number of imidazole rings is 1. The maximum absolute atomic E-state index is 4.54. The van der Waals surface area contributed by atoms with Crippen molar-refractivity contribution in [2.45, 2.75) is 25.3 Å². The minimum absolute atomic E-state index is 0.701. The van der Waals surface area contributed by atoms with Crippen molar-refractivity contribution < 1.29 is 0 Å². The van der Waals surface area contributed by atoms with Crippen LogP contribution in [0.1, 0.15) is 24.5 Å². The van der Waals surface area contributed by atoms with Gasteiger partial charge in [-0.2, -0.15) is 0 Å². The monoisotopic (exact) mass is 324 g/mol. The lowest BCUT2D eigenvalue weighted by Gasteiger charge is -2.22. The molecule has 126 valence electrons. The van der Waals surface area contributed by atoms with E-state index in [1.165, 1.54) is 31.6 Å². The summed E-state index contributed by atoms with van der Waals surface area (Å²) >= 11 is 0. The number of hydrogen-bond donors (Lipinski definition) is 0. The summed E-state index contributed by atoms with van der Waals surface area (Å²) in [7, 11) is 0. The molecule has 0 amide bonds. The van der Waals surface area contributed by atoms with Crippen LogP contribution in [0.15, 0.2) is 31.1 Å². The lowest BCUT2D eigenvalue weighted by atomic mass is 10.0. The lowest BCUT2D eigenvalue weighted by Crippen LogP contribution is -2.31. The first kappa shape index (κ1) is 14.4. The molecule has 6 nitrogen and oxygen atoms in total. The minimum atomic E-state index is 0.701. The minimum Gasteiger partial charge on any atom is -0.356 e. The van der Waals surface area contributed by atoms with Crippen LogP contribution in [0, 0.1) is 11.8 Å². The summed E-state index contributed by atoms with van der Waals surface area (Å²) in [6.07, 6.45) is 10.2. The van der Waals surface area contributed by atoms with Crippen LogP contribution in [0.3, 0.4) is 0 Å². The van der Waals surface area contributed by atoms with E-state index < -0.39 is 0 Å². The van der Waals surface area contributed by atoms with E-state index >= 15 is 0 Å². The van der Waals surface area contributed by atoms with E-state index in [4.69, 9.17) is 0 Å². The van der Waals surface area contributed by atoms with E-state index in [2.05, 4.69) is 35.4 Å². The molecule has 2 aromatic rings. The molecule has 5 rings (SSSR count). The normalized spacial score (nSPS) is 26.9. The van der Waals surface area contributed by atoms with Crippen molar-refractivity contribution in [2.24, 2.45) is 11.8 Å². The molecule has 3 aliphatic rings. The maximum Gasteiger partial charge on any atom is 0.132 e. The Morgan fingerprint density at radius 1 is 1.00 bits per heavy atom. The van der Waals surface area contributed by atoms with Crippen molar-refractivity contribution in [3.63, 3.8) is 0 Å². The van der Waals surface area contributed by atoms with Crippen molar-refractivity contribution in [3.05, 3.63) is 36.8 Å². The fourth-order valence-electron chi connectivity index (χ4n) is 4.27. The molecule has 1 saturated carbocycles. The van der Waals surface area contributed by atoms with Gasteiger partial charge in [0.2, 0.25) is 0 Å². The number of hydrogen-bond acceptors (Lipinski definition) is 5. The number of fused-ring (bicyclic) bond motifs is 1. The Morgan fingerprint density at radius 3 is 2.54 bits per heavy atom. The lowest BCUT2D eigenvalue weighted by molar-refractivity contribution is 0.302. The molecule has 3 fully saturated rings. The third-order valence-electron chi connectivity index (χ3n) is 5.79. The average Bonchev–Trinajstić information content (AvgIpc) is 3.01. The highest BCUT2D eigenvalue weighted by atomic mass is 15.3. The Morgan fingerprint density at radius 2 is 1.83 bits per heavy atom. The van der Waals surface area contributed by atoms with Crippen LogP contribution in [0.25, 0.3) is 0 Å². The smallest absolute Gasteiger partial charge is 0.132 e. The van der Waals surface area contributed by atoms with Crippen LogP contribution in [0.5, 0.6) is 0 Å². The third kappa shape index (κ3) is 2.79. The summed E-state index contributed by atoms with van der Waals surface area (Å²) in [5.74, 6) is 3.41. The van der Waals surface area contributed by atoms with Crippen molar-refractivity contribution >= 4 is 5.82 Å². The second-order valence-corrected chi connectivity index (χ2v) is 7.56. The summed E-state index contributed by atoms with van der Waals surface area (Å²) < 4.78 is 2.17. The molecule has 0 N–H and O–H groups in total. The Balaban J connectivity index is 1.18. The van der Waals surface area contributed by atoms with E-state index in [0.29, 0.717) is 5.92 Å². The van der Waals surface area contributed by atoms with Gasteiger partial charge >= 0.3 is 0 Å². The topological polar surface area (TPSA) is 50.1 Å². The fourth-order valence-corrected chi connectivity index (χ4v) is 4.27. The Hall–Kier alpha value is -1.95. The standard InChI is InChI=1S/C18H24N6/c1-2-14(1)17-7-18(21-12-20-17)24-10-15-8-23(9-16(15)11-24)6-5-22-4-3-19-13-22/h3-4,7,12-16H,1-2,5-6,8-11H2. The van der Waals surface area contributed by atoms with E-state index in [1.807, 2.05) is 18.7 Å². The zero-order valence-electron chi connectivity index (χ0n) is 14.0. The van der Waals surface area contributed by atoms with Crippen molar-refractivity contribution in [3.8, 4) is 0 Å². The van der Waals surface area contributed by atoms with E-state index in [-0.39, 0.29) is 0 Å². The number of likely N-dealkylation sites (tertiary alicyclic amines) is 1. The van der Waals surface area contributed by atoms with Crippen LogP contribution >= 0.6 is 0 Å². The largest absolute Gasteiger partial charge is 0.356 e. The maximum atomic E-state index is 4.54. The van der Waals surface area contributed by atoms with Crippen molar-refractivity contribution in [2.75, 3.05) is 37.6 Å². The van der Waals surface area contributed by atoms with Gasteiger partial charge in [0.05, 0.1) is 6.33 Å². The summed E-state index contributed by atoms with van der Waals surface area (Å²) in [5, 5.41) is 0. The van der Waals surface area contributed by atoms with Crippen LogP contribution in [-0.4, -0.2) is 57.1 Å². The summed E-state index contributed by atoms with van der Waals surface area (Å²) in [5.41, 5.74) is 1.25. The second-order valence-electron chi connectivity index (χ2n) is 7.56. The average molecular weight is 324 g/mol. The van der Waals surface area contributed by atoms with Gasteiger partial charge in [-0.1, -0.05) is 0 Å². The van der Waals surface area contributed by atoms with Gasteiger partial charge in [-0.25, -0.2) is 15.0 Å². The summed E-state index contributed by atoms with van der Waals surface area (Å²) in [6.45, 7) is 6.90. The quantitative estimate of drug-likeness (QED) is 0.836. The zero-order valence-corrected chi connectivity index (χ0v) is 14.0. The molecule has 4 heterocycles. The molecular formula is C18H24N6. The third-order valence-corrected chi connectivity index (χ3v) is 5.79. The van der Waals surface area contributed by atoms with Crippen LogP contribution < -0.4 is 4.90 Å². The zero-order chi connectivity index (χ0) is 15.9. The molecule has 2 atom stereocenters. The fraction of sp³-hybridized carbons (Fsp3) is 0.611. The second kappa shape index (κ2) is 5.84. The first-order valence-corrected chi connectivity index (χ1v) is 9.10. The summed E-state index contributed by atoms with van der Waals surface area (Å²) in [4.78, 5) is 18.2. The molecule has 0 spiro atoms. The van der Waals surface area contributed by atoms with Crippen molar-refractivity contribution in [1.82, 2.24) is 24.4 Å². The Kier molecular flexibility index (Phi) is 3.51. The van der Waals surface area contributed by atoms with Crippen LogP contribution in [0.2, 0.25) is 0 Å². The first-order valence-electron chi connectivity index (χ1n) is 9.10. The molecule has 1 aliphatic carbocycles. The first-order chi connectivity index (χ1) is 11.8.